The lowest BCUT2D eigenvalue weighted by Gasteiger charge is -2.24. The summed E-state index contributed by atoms with van der Waals surface area (Å²) in [6.07, 6.45) is 2.77. The highest BCUT2D eigenvalue weighted by molar-refractivity contribution is 5.69. The molecule has 0 aliphatic carbocycles. The third-order valence-corrected chi connectivity index (χ3v) is 2.86. The van der Waals surface area contributed by atoms with Crippen molar-refractivity contribution in [3.63, 3.8) is 0 Å². The van der Waals surface area contributed by atoms with Crippen molar-refractivity contribution in [2.24, 2.45) is 5.92 Å². The Balaban J connectivity index is 4.13. The van der Waals surface area contributed by atoms with Crippen LogP contribution in [0.25, 0.3) is 0 Å². The molecule has 0 spiro atoms. The molecule has 0 aliphatic rings. The van der Waals surface area contributed by atoms with Crippen LogP contribution in [0.4, 0.5) is 0 Å². The number of ether oxygens (including phenoxy) is 4. The van der Waals surface area contributed by atoms with Crippen molar-refractivity contribution in [3.05, 3.63) is 0 Å². The molecule has 19 heavy (non-hydrogen) atoms. The van der Waals surface area contributed by atoms with E-state index in [4.69, 9.17) is 18.9 Å². The number of unbranched alkanes of at least 4 members (excludes halogenated alkanes) is 1. The highest BCUT2D eigenvalue weighted by Crippen LogP contribution is 2.18. The molecule has 0 aromatic rings. The molecule has 0 N–H and O–H groups in total. The maximum atomic E-state index is 11.6. The summed E-state index contributed by atoms with van der Waals surface area (Å²) in [5, 5.41) is 0. The Morgan fingerprint density at radius 2 is 1.79 bits per heavy atom. The molecule has 0 radical (unpaired) electrons. The molecule has 114 valence electrons. The van der Waals surface area contributed by atoms with Gasteiger partial charge in [-0.15, -0.1) is 0 Å². The summed E-state index contributed by atoms with van der Waals surface area (Å²) in [4.78, 5) is 11.6. The van der Waals surface area contributed by atoms with Crippen molar-refractivity contribution in [2.75, 3.05) is 34.0 Å². The summed E-state index contributed by atoms with van der Waals surface area (Å²) in [6.45, 7) is 5.67. The molecular weight excluding hydrogens is 248 g/mol. The first-order valence-corrected chi connectivity index (χ1v) is 6.98. The normalized spacial score (nSPS) is 12.7. The lowest BCUT2D eigenvalue weighted by Crippen LogP contribution is -2.29. The number of hydrogen-bond acceptors (Lipinski definition) is 5. The zero-order valence-electron chi connectivity index (χ0n) is 12.6. The molecule has 5 nitrogen and oxygen atoms in total. The molecule has 0 aliphatic heterocycles. The van der Waals surface area contributed by atoms with Crippen molar-refractivity contribution < 1.29 is 23.7 Å². The van der Waals surface area contributed by atoms with Crippen LogP contribution in [0.3, 0.4) is 0 Å². The Hall–Kier alpha value is -0.650. The summed E-state index contributed by atoms with van der Waals surface area (Å²) < 4.78 is 21.0. The minimum Gasteiger partial charge on any atom is -0.466 e. The first-order valence-electron chi connectivity index (χ1n) is 6.98. The number of esters is 1. The molecule has 5 heteroatoms. The minimum atomic E-state index is -0.404. The van der Waals surface area contributed by atoms with Gasteiger partial charge >= 0.3 is 5.97 Å². The highest BCUT2D eigenvalue weighted by Gasteiger charge is 2.24. The van der Waals surface area contributed by atoms with Crippen molar-refractivity contribution in [1.82, 2.24) is 0 Å². The molecule has 0 saturated heterocycles. The number of rotatable bonds is 12. The Labute approximate surface area is 116 Å². The third-order valence-electron chi connectivity index (χ3n) is 2.86. The zero-order valence-corrected chi connectivity index (χ0v) is 12.6. The second-order valence-electron chi connectivity index (χ2n) is 4.36. The molecule has 1 atom stereocenters. The molecule has 0 fully saturated rings. The average molecular weight is 276 g/mol. The number of hydrogen-bond donors (Lipinski definition) is 0. The first-order chi connectivity index (χ1) is 9.19. The second-order valence-corrected chi connectivity index (χ2v) is 4.36. The smallest absolute Gasteiger partial charge is 0.306 e. The molecule has 0 amide bonds. The Bertz CT molecular complexity index is 216. The number of methoxy groups -OCH3 is 2. The van der Waals surface area contributed by atoms with E-state index in [9.17, 15) is 4.79 Å². The Morgan fingerprint density at radius 3 is 2.32 bits per heavy atom. The molecule has 0 heterocycles. The van der Waals surface area contributed by atoms with Gasteiger partial charge in [0.05, 0.1) is 13.0 Å². The van der Waals surface area contributed by atoms with Gasteiger partial charge in [-0.05, 0) is 19.8 Å². The van der Waals surface area contributed by atoms with Crippen LogP contribution in [-0.2, 0) is 23.7 Å². The van der Waals surface area contributed by atoms with E-state index in [0.29, 0.717) is 13.2 Å². The third kappa shape index (κ3) is 8.97. The van der Waals surface area contributed by atoms with Crippen LogP contribution >= 0.6 is 0 Å². The van der Waals surface area contributed by atoms with Gasteiger partial charge in [0.2, 0.25) is 0 Å². The lowest BCUT2D eigenvalue weighted by molar-refractivity contribution is -0.161. The van der Waals surface area contributed by atoms with E-state index in [1.54, 1.807) is 21.1 Å². The van der Waals surface area contributed by atoms with E-state index < -0.39 is 6.29 Å². The van der Waals surface area contributed by atoms with Gasteiger partial charge in [-0.3, -0.25) is 4.79 Å². The summed E-state index contributed by atoms with van der Waals surface area (Å²) in [5.74, 6) is -0.268. The van der Waals surface area contributed by atoms with Gasteiger partial charge < -0.3 is 18.9 Å². The molecule has 0 bridgehead atoms. The van der Waals surface area contributed by atoms with Gasteiger partial charge in [0, 0.05) is 33.4 Å². The fourth-order valence-corrected chi connectivity index (χ4v) is 1.83. The fourth-order valence-electron chi connectivity index (χ4n) is 1.83. The van der Waals surface area contributed by atoms with Crippen LogP contribution in [-0.4, -0.2) is 46.3 Å². The quantitative estimate of drug-likeness (QED) is 0.311. The average Bonchev–Trinajstić information content (AvgIpc) is 2.39. The topological polar surface area (TPSA) is 54.0 Å². The predicted octanol–water partition coefficient (Wildman–Crippen LogP) is 2.38. The Morgan fingerprint density at radius 1 is 1.11 bits per heavy atom. The maximum absolute atomic E-state index is 11.6. The molecule has 0 aromatic heterocycles. The van der Waals surface area contributed by atoms with Crippen molar-refractivity contribution in [2.45, 2.75) is 45.8 Å². The standard InChI is InChI=1S/C14H28O5/c1-5-7-9-18-10-8-12(14(16-3)17-4)11-13(15)19-6-2/h12,14H,5-11H2,1-4H3/t12-/m0/s1. The molecule has 0 saturated carbocycles. The van der Waals surface area contributed by atoms with Gasteiger partial charge in [-0.1, -0.05) is 13.3 Å². The van der Waals surface area contributed by atoms with Gasteiger partial charge in [0.1, 0.15) is 0 Å². The molecule has 0 rings (SSSR count). The van der Waals surface area contributed by atoms with Crippen molar-refractivity contribution in [3.8, 4) is 0 Å². The number of carbonyl (C=O) groups is 1. The SMILES string of the molecule is CCCCOCC[C@@H](CC(=O)OCC)C(OC)OC. The monoisotopic (exact) mass is 276 g/mol. The van der Waals surface area contributed by atoms with E-state index in [1.807, 2.05) is 0 Å². The van der Waals surface area contributed by atoms with Crippen LogP contribution in [0.2, 0.25) is 0 Å². The maximum Gasteiger partial charge on any atom is 0.306 e. The van der Waals surface area contributed by atoms with Gasteiger partial charge in [0.25, 0.3) is 0 Å². The van der Waals surface area contributed by atoms with E-state index >= 15 is 0 Å². The van der Waals surface area contributed by atoms with Gasteiger partial charge in [-0.2, -0.15) is 0 Å². The first kappa shape index (κ1) is 18.4. The van der Waals surface area contributed by atoms with Crippen molar-refractivity contribution >= 4 is 5.97 Å². The van der Waals surface area contributed by atoms with E-state index in [0.717, 1.165) is 25.9 Å². The van der Waals surface area contributed by atoms with Crippen LogP contribution in [0.1, 0.15) is 39.5 Å². The Kier molecular flexibility index (Phi) is 12.0. The van der Waals surface area contributed by atoms with Gasteiger partial charge in [0.15, 0.2) is 6.29 Å². The largest absolute Gasteiger partial charge is 0.466 e. The highest BCUT2D eigenvalue weighted by atomic mass is 16.7. The molecular formula is C14H28O5. The summed E-state index contributed by atoms with van der Waals surface area (Å²) in [6, 6.07) is 0. The predicted molar refractivity (Wildman–Crippen MR) is 72.9 cm³/mol. The molecule has 0 aromatic carbocycles. The second kappa shape index (κ2) is 12.4. The lowest BCUT2D eigenvalue weighted by atomic mass is 10.0. The van der Waals surface area contributed by atoms with Crippen LogP contribution in [0, 0.1) is 5.92 Å². The van der Waals surface area contributed by atoms with Gasteiger partial charge in [-0.25, -0.2) is 0 Å². The van der Waals surface area contributed by atoms with E-state index in [-0.39, 0.29) is 18.3 Å². The van der Waals surface area contributed by atoms with Crippen LogP contribution < -0.4 is 0 Å². The number of carbonyl (C=O) groups excluding carboxylic acids is 1. The van der Waals surface area contributed by atoms with Crippen molar-refractivity contribution in [1.29, 1.82) is 0 Å². The van der Waals surface area contributed by atoms with Crippen LogP contribution in [0.15, 0.2) is 0 Å². The fraction of sp³-hybridized carbons (Fsp3) is 0.929. The minimum absolute atomic E-state index is 0.0457. The summed E-state index contributed by atoms with van der Waals surface area (Å²) >= 11 is 0. The summed E-state index contributed by atoms with van der Waals surface area (Å²) in [5.41, 5.74) is 0. The van der Waals surface area contributed by atoms with E-state index in [1.165, 1.54) is 0 Å². The van der Waals surface area contributed by atoms with E-state index in [2.05, 4.69) is 6.92 Å². The zero-order chi connectivity index (χ0) is 14.5. The summed E-state index contributed by atoms with van der Waals surface area (Å²) in [7, 11) is 3.15. The molecule has 0 unspecified atom stereocenters. The van der Waals surface area contributed by atoms with Crippen LogP contribution in [0.5, 0.6) is 0 Å².